The van der Waals surface area contributed by atoms with Gasteiger partial charge in [0, 0.05) is 35.1 Å². The SMILES string of the molecule is CCN(CC)CCOc1ccc2cc1COCC=CCOCc1cc(ccc1OC)-c1ccnc(n1)N2. The first-order chi connectivity index (χ1) is 18.2. The Morgan fingerprint density at radius 1 is 0.919 bits per heavy atom. The molecule has 0 saturated carbocycles. The van der Waals surface area contributed by atoms with Crippen molar-refractivity contribution in [3.8, 4) is 22.8 Å². The van der Waals surface area contributed by atoms with Crippen LogP contribution in [0, 0.1) is 0 Å². The molecule has 37 heavy (non-hydrogen) atoms. The fourth-order valence-electron chi connectivity index (χ4n) is 4.10. The number of hydrogen-bond donors (Lipinski definition) is 1. The summed E-state index contributed by atoms with van der Waals surface area (Å²) in [5, 5.41) is 3.33. The molecule has 0 radical (unpaired) electrons. The highest BCUT2D eigenvalue weighted by molar-refractivity contribution is 5.64. The molecule has 0 saturated heterocycles. The molecule has 0 amide bonds. The predicted molar refractivity (Wildman–Crippen MR) is 145 cm³/mol. The van der Waals surface area contributed by atoms with Crippen LogP contribution in [0.1, 0.15) is 25.0 Å². The van der Waals surface area contributed by atoms with Crippen molar-refractivity contribution in [3.63, 3.8) is 0 Å². The molecule has 0 aliphatic carbocycles. The van der Waals surface area contributed by atoms with Crippen molar-refractivity contribution in [2.45, 2.75) is 27.1 Å². The van der Waals surface area contributed by atoms with Crippen LogP contribution in [0.2, 0.25) is 0 Å². The van der Waals surface area contributed by atoms with Crippen LogP contribution in [-0.4, -0.2) is 61.4 Å². The molecule has 3 aromatic rings. The number of aromatic nitrogens is 2. The molecule has 4 rings (SSSR count). The van der Waals surface area contributed by atoms with Crippen LogP contribution >= 0.6 is 0 Å². The summed E-state index contributed by atoms with van der Waals surface area (Å²) >= 11 is 0. The minimum atomic E-state index is 0.421. The Balaban J connectivity index is 1.60. The Morgan fingerprint density at radius 2 is 1.65 bits per heavy atom. The van der Waals surface area contributed by atoms with Gasteiger partial charge in [-0.05, 0) is 55.6 Å². The molecule has 196 valence electrons. The topological polar surface area (TPSA) is 78.0 Å². The Morgan fingerprint density at radius 3 is 2.38 bits per heavy atom. The number of methoxy groups -OCH3 is 1. The third-order valence-electron chi connectivity index (χ3n) is 6.22. The summed E-state index contributed by atoms with van der Waals surface area (Å²) in [4.78, 5) is 11.5. The molecule has 6 bridgehead atoms. The molecular formula is C29H36N4O4. The number of rotatable bonds is 7. The molecule has 0 unspecified atom stereocenters. The number of ether oxygens (including phenoxy) is 4. The summed E-state index contributed by atoms with van der Waals surface area (Å²) in [7, 11) is 1.66. The lowest BCUT2D eigenvalue weighted by molar-refractivity contribution is 0.137. The number of fused-ring (bicyclic) bond motifs is 7. The third kappa shape index (κ3) is 7.52. The van der Waals surface area contributed by atoms with E-state index in [4.69, 9.17) is 23.9 Å². The number of nitrogens with one attached hydrogen (secondary N) is 1. The summed E-state index contributed by atoms with van der Waals surface area (Å²) < 4.78 is 23.5. The van der Waals surface area contributed by atoms with E-state index in [0.717, 1.165) is 59.2 Å². The van der Waals surface area contributed by atoms with E-state index >= 15 is 0 Å². The van der Waals surface area contributed by atoms with Crippen LogP contribution in [0.3, 0.4) is 0 Å². The van der Waals surface area contributed by atoms with Gasteiger partial charge in [0.1, 0.15) is 18.1 Å². The van der Waals surface area contributed by atoms with E-state index in [1.807, 2.05) is 54.6 Å². The monoisotopic (exact) mass is 504 g/mol. The van der Waals surface area contributed by atoms with E-state index in [2.05, 4.69) is 29.0 Å². The van der Waals surface area contributed by atoms with Crippen LogP contribution in [0.5, 0.6) is 11.5 Å². The summed E-state index contributed by atoms with van der Waals surface area (Å²) in [5.74, 6) is 2.11. The lowest BCUT2D eigenvalue weighted by Gasteiger charge is -2.19. The van der Waals surface area contributed by atoms with Crippen molar-refractivity contribution >= 4 is 11.6 Å². The van der Waals surface area contributed by atoms with E-state index in [1.165, 1.54) is 0 Å². The maximum atomic E-state index is 6.15. The molecule has 0 fully saturated rings. The minimum absolute atomic E-state index is 0.421. The summed E-state index contributed by atoms with van der Waals surface area (Å²) in [5.41, 5.74) is 4.56. The maximum absolute atomic E-state index is 6.15. The van der Waals surface area contributed by atoms with E-state index in [1.54, 1.807) is 13.3 Å². The van der Waals surface area contributed by atoms with Gasteiger partial charge < -0.3 is 29.2 Å². The molecule has 1 aliphatic heterocycles. The average molecular weight is 505 g/mol. The molecule has 0 spiro atoms. The van der Waals surface area contributed by atoms with Crippen molar-refractivity contribution in [2.75, 3.05) is 51.9 Å². The van der Waals surface area contributed by atoms with Gasteiger partial charge in [0.05, 0.1) is 39.2 Å². The van der Waals surface area contributed by atoms with E-state index in [-0.39, 0.29) is 0 Å². The van der Waals surface area contributed by atoms with Crippen molar-refractivity contribution in [1.29, 1.82) is 0 Å². The van der Waals surface area contributed by atoms with Crippen molar-refractivity contribution in [1.82, 2.24) is 14.9 Å². The fraction of sp³-hybridized carbons (Fsp3) is 0.379. The van der Waals surface area contributed by atoms with Gasteiger partial charge in [0.2, 0.25) is 5.95 Å². The van der Waals surface area contributed by atoms with Crippen molar-refractivity contribution in [2.24, 2.45) is 0 Å². The predicted octanol–water partition coefficient (Wildman–Crippen LogP) is 5.22. The zero-order chi connectivity index (χ0) is 25.9. The first-order valence-corrected chi connectivity index (χ1v) is 12.8. The molecule has 2 heterocycles. The van der Waals surface area contributed by atoms with Gasteiger partial charge in [-0.2, -0.15) is 0 Å². The second-order valence-electron chi connectivity index (χ2n) is 8.62. The van der Waals surface area contributed by atoms with Gasteiger partial charge in [-0.25, -0.2) is 9.97 Å². The highest BCUT2D eigenvalue weighted by Gasteiger charge is 2.11. The van der Waals surface area contributed by atoms with Crippen LogP contribution < -0.4 is 14.8 Å². The van der Waals surface area contributed by atoms with Crippen LogP contribution in [0.4, 0.5) is 11.6 Å². The number of nitrogens with zero attached hydrogens (tertiary/aromatic N) is 3. The molecule has 1 N–H and O–H groups in total. The smallest absolute Gasteiger partial charge is 0.227 e. The molecule has 1 aliphatic rings. The van der Waals surface area contributed by atoms with Gasteiger partial charge in [0.15, 0.2) is 0 Å². The lowest BCUT2D eigenvalue weighted by Crippen LogP contribution is -2.28. The summed E-state index contributed by atoms with van der Waals surface area (Å²) in [6.45, 7) is 9.64. The standard InChI is InChI=1S/C29H36N4O4/c1-4-33(5-2)14-17-37-28-11-9-25-19-24(28)21-36-16-7-6-15-35-20-23-18-22(8-10-27(23)34-3)26-12-13-30-29(31-25)32-26/h6-13,18-19H,4-5,14-17,20-21H2,1-3H3,(H,30,31,32). The first-order valence-electron chi connectivity index (χ1n) is 12.8. The summed E-state index contributed by atoms with van der Waals surface area (Å²) in [6, 6.07) is 13.9. The molecule has 0 atom stereocenters. The second kappa shape index (κ2) is 13.7. The minimum Gasteiger partial charge on any atom is -0.496 e. The zero-order valence-corrected chi connectivity index (χ0v) is 21.9. The summed E-state index contributed by atoms with van der Waals surface area (Å²) in [6.07, 6.45) is 5.69. The zero-order valence-electron chi connectivity index (χ0n) is 21.9. The molecule has 2 aromatic carbocycles. The average Bonchev–Trinajstić information content (AvgIpc) is 2.93. The molecule has 1 aromatic heterocycles. The van der Waals surface area contributed by atoms with Gasteiger partial charge >= 0.3 is 0 Å². The van der Waals surface area contributed by atoms with Gasteiger partial charge in [-0.15, -0.1) is 0 Å². The van der Waals surface area contributed by atoms with Crippen molar-refractivity contribution in [3.05, 3.63) is 71.9 Å². The van der Waals surface area contributed by atoms with Gasteiger partial charge in [-0.1, -0.05) is 26.0 Å². The van der Waals surface area contributed by atoms with Crippen LogP contribution in [0.15, 0.2) is 60.8 Å². The molecular weight excluding hydrogens is 468 g/mol. The van der Waals surface area contributed by atoms with Crippen LogP contribution in [0.25, 0.3) is 11.3 Å². The Hall–Kier alpha value is -3.46. The number of anilines is 2. The van der Waals surface area contributed by atoms with Gasteiger partial charge in [0.25, 0.3) is 0 Å². The molecule has 8 heteroatoms. The van der Waals surface area contributed by atoms with Crippen molar-refractivity contribution < 1.29 is 18.9 Å². The van der Waals surface area contributed by atoms with Crippen LogP contribution in [-0.2, 0) is 22.7 Å². The third-order valence-corrected chi connectivity index (χ3v) is 6.22. The lowest BCUT2D eigenvalue weighted by atomic mass is 10.1. The van der Waals surface area contributed by atoms with E-state index < -0.39 is 0 Å². The number of likely N-dealkylation sites (N-methyl/N-ethyl adjacent to an activating group) is 1. The Bertz CT molecular complexity index is 1180. The second-order valence-corrected chi connectivity index (χ2v) is 8.62. The molecule has 8 nitrogen and oxygen atoms in total. The Kier molecular flexibility index (Phi) is 9.88. The van der Waals surface area contributed by atoms with E-state index in [9.17, 15) is 0 Å². The Labute approximate surface area is 219 Å². The highest BCUT2D eigenvalue weighted by Crippen LogP contribution is 2.28. The van der Waals surface area contributed by atoms with Gasteiger partial charge in [-0.3, -0.25) is 0 Å². The number of hydrogen-bond acceptors (Lipinski definition) is 8. The maximum Gasteiger partial charge on any atom is 0.227 e. The largest absolute Gasteiger partial charge is 0.496 e. The normalized spacial score (nSPS) is 13.9. The number of benzene rings is 2. The van der Waals surface area contributed by atoms with E-state index in [0.29, 0.717) is 39.0 Å². The highest BCUT2D eigenvalue weighted by atomic mass is 16.5. The first kappa shape index (κ1) is 26.6. The fourth-order valence-corrected chi connectivity index (χ4v) is 4.10. The quantitative estimate of drug-likeness (QED) is 0.439.